The molecule has 0 aromatic heterocycles. The second-order valence-electron chi connectivity index (χ2n) is 5.96. The number of hydrogen-bond acceptors (Lipinski definition) is 3. The number of benzene rings is 2. The van der Waals surface area contributed by atoms with Crippen molar-refractivity contribution in [2.45, 2.75) is 24.8 Å². The first-order chi connectivity index (χ1) is 11.9. The van der Waals surface area contributed by atoms with Crippen molar-refractivity contribution >= 4 is 46.9 Å². The van der Waals surface area contributed by atoms with Crippen LogP contribution in [0, 0.1) is 0 Å². The highest BCUT2D eigenvalue weighted by molar-refractivity contribution is 8.04. The van der Waals surface area contributed by atoms with E-state index in [9.17, 15) is 9.59 Å². The lowest BCUT2D eigenvalue weighted by molar-refractivity contribution is -0.112. The molecule has 0 unspecified atom stereocenters. The number of halogens is 1. The molecule has 1 heterocycles. The van der Waals surface area contributed by atoms with E-state index >= 15 is 0 Å². The number of carbonyl (C=O) groups is 2. The van der Waals surface area contributed by atoms with Gasteiger partial charge in [-0.15, -0.1) is 0 Å². The van der Waals surface area contributed by atoms with Crippen LogP contribution in [0.2, 0.25) is 5.02 Å². The van der Waals surface area contributed by atoms with Crippen LogP contribution in [-0.4, -0.2) is 17.9 Å². The number of hydrogen-bond donors (Lipinski definition) is 2. The highest BCUT2D eigenvalue weighted by Crippen LogP contribution is 2.39. The monoisotopic (exact) mass is 372 g/mol. The molecule has 0 saturated carbocycles. The van der Waals surface area contributed by atoms with Crippen molar-refractivity contribution in [1.29, 1.82) is 0 Å². The predicted octanol–water partition coefficient (Wildman–Crippen LogP) is 4.56. The molecule has 0 radical (unpaired) electrons. The molecule has 0 spiro atoms. The summed E-state index contributed by atoms with van der Waals surface area (Å²) in [5, 5.41) is 6.32. The van der Waals surface area contributed by atoms with Crippen LogP contribution >= 0.6 is 23.4 Å². The Balaban J connectivity index is 1.86. The van der Waals surface area contributed by atoms with E-state index in [2.05, 4.69) is 10.6 Å². The van der Waals surface area contributed by atoms with E-state index in [0.717, 1.165) is 10.5 Å². The van der Waals surface area contributed by atoms with E-state index in [0.29, 0.717) is 21.2 Å². The molecular formula is C19H17ClN2O2S. The van der Waals surface area contributed by atoms with Crippen LogP contribution < -0.4 is 10.6 Å². The first-order valence-electron chi connectivity index (χ1n) is 7.84. The van der Waals surface area contributed by atoms with Crippen molar-refractivity contribution in [3.8, 4) is 0 Å². The minimum absolute atomic E-state index is 0.0553. The van der Waals surface area contributed by atoms with Crippen molar-refractivity contribution in [2.24, 2.45) is 0 Å². The molecule has 25 heavy (non-hydrogen) atoms. The molecule has 0 aliphatic carbocycles. The van der Waals surface area contributed by atoms with Gasteiger partial charge >= 0.3 is 0 Å². The number of anilines is 1. The third kappa shape index (κ3) is 4.24. The Hall–Kier alpha value is -2.24. The Kier molecular flexibility index (Phi) is 5.16. The summed E-state index contributed by atoms with van der Waals surface area (Å²) < 4.78 is 0. The normalized spacial score (nSPS) is 15.0. The summed E-state index contributed by atoms with van der Waals surface area (Å²) in [6.45, 7) is 3.81. The number of amides is 2. The lowest BCUT2D eigenvalue weighted by Crippen LogP contribution is -2.30. The molecule has 2 N–H and O–H groups in total. The lowest BCUT2D eigenvalue weighted by Gasteiger charge is -2.19. The summed E-state index contributed by atoms with van der Waals surface area (Å²) in [4.78, 5) is 26.0. The molecule has 4 nitrogen and oxygen atoms in total. The zero-order valence-corrected chi connectivity index (χ0v) is 15.4. The first kappa shape index (κ1) is 17.6. The third-order valence-electron chi connectivity index (χ3n) is 3.50. The van der Waals surface area contributed by atoms with Crippen LogP contribution in [0.1, 0.15) is 29.8 Å². The Morgan fingerprint density at radius 2 is 2.04 bits per heavy atom. The molecular weight excluding hydrogens is 356 g/mol. The van der Waals surface area contributed by atoms with Gasteiger partial charge in [0.25, 0.3) is 11.8 Å². The molecule has 6 heteroatoms. The second kappa shape index (κ2) is 7.33. The highest BCUT2D eigenvalue weighted by Gasteiger charge is 2.22. The maximum Gasteiger partial charge on any atom is 0.262 e. The van der Waals surface area contributed by atoms with Gasteiger partial charge in [-0.2, -0.15) is 0 Å². The Bertz CT molecular complexity index is 877. The Morgan fingerprint density at radius 1 is 1.24 bits per heavy atom. The number of fused-ring (bicyclic) bond motifs is 1. The molecule has 3 rings (SSSR count). The van der Waals surface area contributed by atoms with Crippen molar-refractivity contribution < 1.29 is 9.59 Å². The molecule has 2 aromatic rings. The number of rotatable bonds is 3. The number of nitrogens with one attached hydrogen (secondary N) is 2. The van der Waals surface area contributed by atoms with Gasteiger partial charge in [-0.1, -0.05) is 35.5 Å². The minimum Gasteiger partial charge on any atom is -0.350 e. The second-order valence-corrected chi connectivity index (χ2v) is 7.48. The summed E-state index contributed by atoms with van der Waals surface area (Å²) in [5.41, 5.74) is 2.03. The van der Waals surface area contributed by atoms with Crippen LogP contribution in [0.3, 0.4) is 0 Å². The molecule has 0 bridgehead atoms. The highest BCUT2D eigenvalue weighted by atomic mass is 35.5. The van der Waals surface area contributed by atoms with Crippen LogP contribution in [0.4, 0.5) is 5.69 Å². The van der Waals surface area contributed by atoms with Gasteiger partial charge in [-0.25, -0.2) is 0 Å². The smallest absolute Gasteiger partial charge is 0.262 e. The summed E-state index contributed by atoms with van der Waals surface area (Å²) in [5.74, 6) is -0.351. The van der Waals surface area contributed by atoms with Crippen molar-refractivity contribution in [1.82, 2.24) is 5.32 Å². The summed E-state index contributed by atoms with van der Waals surface area (Å²) in [6.07, 6.45) is 1.80. The van der Waals surface area contributed by atoms with Gasteiger partial charge in [0, 0.05) is 21.5 Å². The average molecular weight is 373 g/mol. The molecule has 0 saturated heterocycles. The fraction of sp³-hybridized carbons (Fsp3) is 0.158. The summed E-state index contributed by atoms with van der Waals surface area (Å²) >= 11 is 7.36. The van der Waals surface area contributed by atoms with Gasteiger partial charge in [-0.3, -0.25) is 9.59 Å². The predicted molar refractivity (Wildman–Crippen MR) is 103 cm³/mol. The van der Waals surface area contributed by atoms with Gasteiger partial charge in [0.05, 0.1) is 10.6 Å². The van der Waals surface area contributed by atoms with E-state index < -0.39 is 0 Å². The first-order valence-corrected chi connectivity index (χ1v) is 9.03. The zero-order chi connectivity index (χ0) is 18.0. The van der Waals surface area contributed by atoms with E-state index in [-0.39, 0.29) is 17.9 Å². The molecule has 0 atom stereocenters. The van der Waals surface area contributed by atoms with Gasteiger partial charge in [0.2, 0.25) is 0 Å². The van der Waals surface area contributed by atoms with Crippen LogP contribution in [0.5, 0.6) is 0 Å². The van der Waals surface area contributed by atoms with Crippen molar-refractivity contribution in [3.05, 3.63) is 63.5 Å². The molecule has 0 fully saturated rings. The molecule has 1 aliphatic heterocycles. The molecule has 1 aliphatic rings. The zero-order valence-electron chi connectivity index (χ0n) is 13.8. The van der Waals surface area contributed by atoms with E-state index in [4.69, 9.17) is 11.6 Å². The van der Waals surface area contributed by atoms with Crippen LogP contribution in [0.25, 0.3) is 6.08 Å². The van der Waals surface area contributed by atoms with E-state index in [1.165, 1.54) is 11.8 Å². The average Bonchev–Trinajstić information content (AvgIpc) is 2.54. The maximum absolute atomic E-state index is 12.4. The largest absolute Gasteiger partial charge is 0.350 e. The van der Waals surface area contributed by atoms with Gasteiger partial charge in [0.15, 0.2) is 0 Å². The number of carbonyl (C=O) groups excluding carboxylic acids is 2. The van der Waals surface area contributed by atoms with E-state index in [1.807, 2.05) is 32.0 Å². The summed E-state index contributed by atoms with van der Waals surface area (Å²) in [6, 6.07) is 12.7. The SMILES string of the molecule is CC(C)NC(=O)c1ccc2c(c1)NC(=O)/C(=C\c1cccc(Cl)c1)S2. The van der Waals surface area contributed by atoms with Gasteiger partial charge in [0.1, 0.15) is 0 Å². The topological polar surface area (TPSA) is 58.2 Å². The Morgan fingerprint density at radius 3 is 2.76 bits per heavy atom. The van der Waals surface area contributed by atoms with Crippen LogP contribution in [0.15, 0.2) is 52.3 Å². The van der Waals surface area contributed by atoms with E-state index in [1.54, 1.807) is 30.3 Å². The molecule has 2 aromatic carbocycles. The maximum atomic E-state index is 12.4. The minimum atomic E-state index is -0.195. The standard InChI is InChI=1S/C19H17ClN2O2S/c1-11(2)21-18(23)13-6-7-16-15(10-13)22-19(24)17(25-16)9-12-4-3-5-14(20)8-12/h3-11H,1-2H3,(H,21,23)(H,22,24)/b17-9+. The molecule has 128 valence electrons. The quantitative estimate of drug-likeness (QED) is 0.776. The van der Waals surface area contributed by atoms with Crippen LogP contribution in [-0.2, 0) is 4.79 Å². The Labute approximate surface area is 155 Å². The van der Waals surface area contributed by atoms with Crippen molar-refractivity contribution in [2.75, 3.05) is 5.32 Å². The lowest BCUT2D eigenvalue weighted by atomic mass is 10.1. The van der Waals surface area contributed by atoms with Crippen molar-refractivity contribution in [3.63, 3.8) is 0 Å². The number of thioether (sulfide) groups is 1. The van der Waals surface area contributed by atoms with Gasteiger partial charge < -0.3 is 10.6 Å². The fourth-order valence-electron chi connectivity index (χ4n) is 2.39. The fourth-order valence-corrected chi connectivity index (χ4v) is 3.53. The third-order valence-corrected chi connectivity index (χ3v) is 4.83. The molecule has 2 amide bonds. The summed E-state index contributed by atoms with van der Waals surface area (Å²) in [7, 11) is 0. The van der Waals surface area contributed by atoms with Gasteiger partial charge in [-0.05, 0) is 55.8 Å².